The highest BCUT2D eigenvalue weighted by Crippen LogP contribution is 2.23. The Labute approximate surface area is 89.8 Å². The van der Waals surface area contributed by atoms with Gasteiger partial charge in [0.2, 0.25) is 0 Å². The first kappa shape index (κ1) is 11.9. The van der Waals surface area contributed by atoms with Gasteiger partial charge in [-0.25, -0.2) is 0 Å². The summed E-state index contributed by atoms with van der Waals surface area (Å²) in [5.74, 6) is 0.548. The van der Waals surface area contributed by atoms with Crippen LogP contribution in [0.3, 0.4) is 0 Å². The van der Waals surface area contributed by atoms with Crippen molar-refractivity contribution in [2.45, 2.75) is 26.4 Å². The molecule has 0 unspecified atom stereocenters. The van der Waals surface area contributed by atoms with Gasteiger partial charge in [0.15, 0.2) is 0 Å². The molecule has 0 heterocycles. The predicted molar refractivity (Wildman–Crippen MR) is 61.1 cm³/mol. The number of hydrogen-bond donors (Lipinski definition) is 3. The highest BCUT2D eigenvalue weighted by molar-refractivity contribution is 6.58. The molecule has 0 aromatic heterocycles. The topological polar surface area (TPSA) is 75.7 Å². The summed E-state index contributed by atoms with van der Waals surface area (Å²) in [5, 5.41) is 17.9. The van der Waals surface area contributed by atoms with E-state index in [2.05, 4.69) is 0 Å². The summed E-state index contributed by atoms with van der Waals surface area (Å²) in [6.45, 7) is 5.75. The van der Waals surface area contributed by atoms with Crippen LogP contribution in [-0.2, 0) is 0 Å². The van der Waals surface area contributed by atoms with Gasteiger partial charge in [0.25, 0.3) is 0 Å². The lowest BCUT2D eigenvalue weighted by atomic mass is 9.80. The van der Waals surface area contributed by atoms with Crippen LogP contribution in [0.25, 0.3) is 0 Å². The third kappa shape index (κ3) is 3.45. The van der Waals surface area contributed by atoms with Gasteiger partial charge in [-0.3, -0.25) is 0 Å². The van der Waals surface area contributed by atoms with Crippen LogP contribution in [0.1, 0.15) is 20.8 Å². The quantitative estimate of drug-likeness (QED) is 0.477. The third-order valence-corrected chi connectivity index (χ3v) is 1.75. The molecule has 1 rings (SSSR count). The Bertz CT molecular complexity index is 347. The summed E-state index contributed by atoms with van der Waals surface area (Å²) in [4.78, 5) is 0. The van der Waals surface area contributed by atoms with Crippen LogP contribution in [0.4, 0.5) is 5.69 Å². The van der Waals surface area contributed by atoms with E-state index in [0.29, 0.717) is 16.9 Å². The van der Waals surface area contributed by atoms with E-state index in [4.69, 9.17) is 20.5 Å². The minimum atomic E-state index is -1.50. The van der Waals surface area contributed by atoms with Gasteiger partial charge >= 0.3 is 7.12 Å². The summed E-state index contributed by atoms with van der Waals surface area (Å²) in [6.07, 6.45) is 0. The molecule has 0 bridgehead atoms. The lowest BCUT2D eigenvalue weighted by Gasteiger charge is -2.22. The lowest BCUT2D eigenvalue weighted by Crippen LogP contribution is -2.30. The van der Waals surface area contributed by atoms with Crippen LogP contribution in [0.5, 0.6) is 5.75 Å². The normalized spacial score (nSPS) is 11.3. The van der Waals surface area contributed by atoms with Crippen LogP contribution in [-0.4, -0.2) is 22.8 Å². The fourth-order valence-corrected chi connectivity index (χ4v) is 1.15. The zero-order valence-electron chi connectivity index (χ0n) is 9.19. The summed E-state index contributed by atoms with van der Waals surface area (Å²) in [7, 11) is -1.50. The molecule has 0 aliphatic heterocycles. The second-order valence-electron chi connectivity index (χ2n) is 4.39. The maximum atomic E-state index is 8.93. The molecular weight excluding hydrogens is 193 g/mol. The molecule has 15 heavy (non-hydrogen) atoms. The van der Waals surface area contributed by atoms with Gasteiger partial charge in [-0.2, -0.15) is 0 Å². The first-order chi connectivity index (χ1) is 6.79. The fourth-order valence-electron chi connectivity index (χ4n) is 1.15. The monoisotopic (exact) mass is 209 g/mol. The summed E-state index contributed by atoms with van der Waals surface area (Å²) < 4.78 is 5.58. The number of benzene rings is 1. The molecule has 0 aliphatic rings. The minimum Gasteiger partial charge on any atom is -0.486 e. The van der Waals surface area contributed by atoms with Crippen molar-refractivity contribution in [1.29, 1.82) is 0 Å². The Balaban J connectivity index is 2.94. The Morgan fingerprint density at radius 3 is 2.27 bits per heavy atom. The van der Waals surface area contributed by atoms with Gasteiger partial charge in [0.1, 0.15) is 11.4 Å². The fraction of sp³-hybridized carbons (Fsp3) is 0.400. The van der Waals surface area contributed by atoms with E-state index in [1.54, 1.807) is 12.1 Å². The van der Waals surface area contributed by atoms with Gasteiger partial charge in [0, 0.05) is 0 Å². The SMILES string of the molecule is CC(C)(C)Oc1ccc(B(O)O)cc1N. The van der Waals surface area contributed by atoms with Crippen molar-refractivity contribution < 1.29 is 14.8 Å². The Kier molecular flexibility index (Phi) is 3.26. The Morgan fingerprint density at radius 2 is 1.87 bits per heavy atom. The predicted octanol–water partition coefficient (Wildman–Crippen LogP) is 0.126. The van der Waals surface area contributed by atoms with Crippen LogP contribution >= 0.6 is 0 Å². The number of nitrogen functional groups attached to an aromatic ring is 1. The van der Waals surface area contributed by atoms with Gasteiger partial charge in [-0.05, 0) is 38.4 Å². The van der Waals surface area contributed by atoms with E-state index in [1.807, 2.05) is 20.8 Å². The molecule has 0 saturated carbocycles. The van der Waals surface area contributed by atoms with Crippen LogP contribution in [0.15, 0.2) is 18.2 Å². The van der Waals surface area contributed by atoms with Gasteiger partial charge in [-0.1, -0.05) is 6.07 Å². The third-order valence-electron chi connectivity index (χ3n) is 1.75. The van der Waals surface area contributed by atoms with Crippen molar-refractivity contribution in [3.8, 4) is 5.75 Å². The zero-order chi connectivity index (χ0) is 11.6. The average Bonchev–Trinajstić information content (AvgIpc) is 2.05. The first-order valence-corrected chi connectivity index (χ1v) is 4.74. The molecule has 0 spiro atoms. The molecule has 1 aromatic rings. The Hall–Kier alpha value is -1.20. The number of ether oxygens (including phenoxy) is 1. The van der Waals surface area contributed by atoms with E-state index < -0.39 is 7.12 Å². The first-order valence-electron chi connectivity index (χ1n) is 4.74. The molecule has 0 atom stereocenters. The molecule has 0 saturated heterocycles. The summed E-state index contributed by atoms with van der Waals surface area (Å²) in [6, 6.07) is 4.70. The molecule has 1 aromatic carbocycles. The van der Waals surface area contributed by atoms with Crippen LogP contribution in [0, 0.1) is 0 Å². The highest BCUT2D eigenvalue weighted by Gasteiger charge is 2.16. The van der Waals surface area contributed by atoms with Crippen LogP contribution in [0.2, 0.25) is 0 Å². The molecule has 4 N–H and O–H groups in total. The number of hydrogen-bond acceptors (Lipinski definition) is 4. The molecule has 4 nitrogen and oxygen atoms in total. The van der Waals surface area contributed by atoms with Gasteiger partial charge in [-0.15, -0.1) is 0 Å². The highest BCUT2D eigenvalue weighted by atomic mass is 16.5. The second kappa shape index (κ2) is 4.12. The lowest BCUT2D eigenvalue weighted by molar-refractivity contribution is 0.132. The van der Waals surface area contributed by atoms with Crippen molar-refractivity contribution >= 4 is 18.3 Å². The standard InChI is InChI=1S/C10H16BNO3/c1-10(2,3)15-9-5-4-7(11(13)14)6-8(9)12/h4-6,13-14H,12H2,1-3H3. The number of rotatable bonds is 2. The maximum Gasteiger partial charge on any atom is 0.488 e. The summed E-state index contributed by atoms with van der Waals surface area (Å²) >= 11 is 0. The van der Waals surface area contributed by atoms with Crippen molar-refractivity contribution in [2.75, 3.05) is 5.73 Å². The van der Waals surface area contributed by atoms with Crippen LogP contribution < -0.4 is 15.9 Å². The van der Waals surface area contributed by atoms with E-state index >= 15 is 0 Å². The maximum absolute atomic E-state index is 8.93. The molecule has 0 aliphatic carbocycles. The van der Waals surface area contributed by atoms with Crippen molar-refractivity contribution in [1.82, 2.24) is 0 Å². The Morgan fingerprint density at radius 1 is 1.27 bits per heavy atom. The van der Waals surface area contributed by atoms with Crippen molar-refractivity contribution in [3.63, 3.8) is 0 Å². The molecule has 82 valence electrons. The largest absolute Gasteiger partial charge is 0.488 e. The number of nitrogens with two attached hydrogens (primary N) is 1. The van der Waals surface area contributed by atoms with Gasteiger partial charge in [0.05, 0.1) is 5.69 Å². The van der Waals surface area contributed by atoms with E-state index in [9.17, 15) is 0 Å². The van der Waals surface area contributed by atoms with E-state index in [1.165, 1.54) is 6.07 Å². The smallest absolute Gasteiger partial charge is 0.486 e. The average molecular weight is 209 g/mol. The number of anilines is 1. The molecule has 5 heteroatoms. The van der Waals surface area contributed by atoms with Crippen molar-refractivity contribution in [2.24, 2.45) is 0 Å². The van der Waals surface area contributed by atoms with E-state index in [0.717, 1.165) is 0 Å². The minimum absolute atomic E-state index is 0.326. The van der Waals surface area contributed by atoms with Crippen molar-refractivity contribution in [3.05, 3.63) is 18.2 Å². The molecule has 0 fully saturated rings. The molecular formula is C10H16BNO3. The summed E-state index contributed by atoms with van der Waals surface area (Å²) in [5.41, 5.74) is 6.15. The van der Waals surface area contributed by atoms with Gasteiger partial charge < -0.3 is 20.5 Å². The molecule has 0 radical (unpaired) electrons. The zero-order valence-corrected chi connectivity index (χ0v) is 9.19. The molecule has 0 amide bonds. The second-order valence-corrected chi connectivity index (χ2v) is 4.39. The van der Waals surface area contributed by atoms with E-state index in [-0.39, 0.29) is 5.60 Å².